The molecule has 2 rings (SSSR count). The van der Waals surface area contributed by atoms with Crippen molar-refractivity contribution in [2.24, 2.45) is 0 Å². The number of nitrogens with one attached hydrogen (secondary N) is 2. The largest absolute Gasteiger partial charge is 0.347 e. The van der Waals surface area contributed by atoms with Gasteiger partial charge in [-0.2, -0.15) is 0 Å². The SMILES string of the molecule is CCc1ccc(NC(=O)NCc2cc(C)nc(N(C)C)n2)cc1. The lowest BCUT2D eigenvalue weighted by Gasteiger charge is -2.13. The second kappa shape index (κ2) is 7.58. The highest BCUT2D eigenvalue weighted by atomic mass is 16.2. The van der Waals surface area contributed by atoms with E-state index < -0.39 is 0 Å². The van der Waals surface area contributed by atoms with E-state index in [0.29, 0.717) is 12.5 Å². The van der Waals surface area contributed by atoms with Gasteiger partial charge in [-0.05, 0) is 37.1 Å². The van der Waals surface area contributed by atoms with Gasteiger partial charge in [0.15, 0.2) is 0 Å². The minimum atomic E-state index is -0.253. The number of benzene rings is 1. The summed E-state index contributed by atoms with van der Waals surface area (Å²) in [4.78, 5) is 22.5. The molecule has 0 saturated carbocycles. The number of aromatic nitrogens is 2. The summed E-state index contributed by atoms with van der Waals surface area (Å²) in [5, 5.41) is 5.62. The van der Waals surface area contributed by atoms with Crippen LogP contribution in [-0.2, 0) is 13.0 Å². The molecule has 1 heterocycles. The topological polar surface area (TPSA) is 70.2 Å². The molecular weight excluding hydrogens is 290 g/mol. The van der Waals surface area contributed by atoms with Gasteiger partial charge in [-0.25, -0.2) is 14.8 Å². The van der Waals surface area contributed by atoms with Crippen molar-refractivity contribution in [3.63, 3.8) is 0 Å². The third-order valence-corrected chi connectivity index (χ3v) is 3.35. The summed E-state index contributed by atoms with van der Waals surface area (Å²) in [6.45, 7) is 4.36. The summed E-state index contributed by atoms with van der Waals surface area (Å²) in [6.07, 6.45) is 0.980. The molecule has 0 aliphatic rings. The van der Waals surface area contributed by atoms with Gasteiger partial charge in [0.1, 0.15) is 0 Å². The van der Waals surface area contributed by atoms with E-state index in [0.717, 1.165) is 23.5 Å². The zero-order valence-electron chi connectivity index (χ0n) is 14.1. The maximum Gasteiger partial charge on any atom is 0.319 e. The van der Waals surface area contributed by atoms with Gasteiger partial charge in [-0.1, -0.05) is 19.1 Å². The predicted octanol–water partition coefficient (Wildman–Crippen LogP) is 2.74. The van der Waals surface area contributed by atoms with Crippen molar-refractivity contribution < 1.29 is 4.79 Å². The van der Waals surface area contributed by atoms with Crippen molar-refractivity contribution in [1.82, 2.24) is 15.3 Å². The molecule has 2 amide bonds. The fourth-order valence-corrected chi connectivity index (χ4v) is 2.08. The van der Waals surface area contributed by atoms with Gasteiger partial charge in [-0.15, -0.1) is 0 Å². The van der Waals surface area contributed by atoms with Crippen molar-refractivity contribution in [2.45, 2.75) is 26.8 Å². The van der Waals surface area contributed by atoms with E-state index in [4.69, 9.17) is 0 Å². The average Bonchev–Trinajstić information content (AvgIpc) is 2.53. The van der Waals surface area contributed by atoms with Crippen LogP contribution in [0, 0.1) is 6.92 Å². The fraction of sp³-hybridized carbons (Fsp3) is 0.353. The van der Waals surface area contributed by atoms with Gasteiger partial charge < -0.3 is 15.5 Å². The quantitative estimate of drug-likeness (QED) is 0.890. The van der Waals surface area contributed by atoms with Crippen LogP contribution in [0.15, 0.2) is 30.3 Å². The Morgan fingerprint density at radius 2 is 1.87 bits per heavy atom. The van der Waals surface area contributed by atoms with Crippen LogP contribution in [0.2, 0.25) is 0 Å². The lowest BCUT2D eigenvalue weighted by molar-refractivity contribution is 0.251. The predicted molar refractivity (Wildman–Crippen MR) is 92.8 cm³/mol. The smallest absolute Gasteiger partial charge is 0.319 e. The number of urea groups is 1. The molecule has 122 valence electrons. The number of carbonyl (C=O) groups excluding carboxylic acids is 1. The number of hydrogen-bond donors (Lipinski definition) is 2. The molecule has 2 N–H and O–H groups in total. The summed E-state index contributed by atoms with van der Waals surface area (Å²) < 4.78 is 0. The first-order valence-corrected chi connectivity index (χ1v) is 7.63. The van der Waals surface area contributed by atoms with Gasteiger partial charge in [-0.3, -0.25) is 0 Å². The average molecular weight is 313 g/mol. The molecule has 6 nitrogen and oxygen atoms in total. The Bertz CT molecular complexity index is 667. The molecule has 0 saturated heterocycles. The van der Waals surface area contributed by atoms with Crippen LogP contribution in [0.4, 0.5) is 16.4 Å². The summed E-state index contributed by atoms with van der Waals surface area (Å²) >= 11 is 0. The normalized spacial score (nSPS) is 10.3. The van der Waals surface area contributed by atoms with Crippen molar-refractivity contribution in [2.75, 3.05) is 24.3 Å². The fourth-order valence-electron chi connectivity index (χ4n) is 2.08. The first-order chi connectivity index (χ1) is 11.0. The molecular formula is C17H23N5O. The van der Waals surface area contributed by atoms with Crippen LogP contribution < -0.4 is 15.5 Å². The van der Waals surface area contributed by atoms with Crippen LogP contribution in [0.1, 0.15) is 23.9 Å². The van der Waals surface area contributed by atoms with Gasteiger partial charge in [0.2, 0.25) is 5.95 Å². The molecule has 0 aliphatic carbocycles. The number of carbonyl (C=O) groups is 1. The minimum Gasteiger partial charge on any atom is -0.347 e. The highest BCUT2D eigenvalue weighted by Gasteiger charge is 2.06. The molecule has 23 heavy (non-hydrogen) atoms. The zero-order chi connectivity index (χ0) is 16.8. The molecule has 1 aromatic carbocycles. The van der Waals surface area contributed by atoms with Crippen molar-refractivity contribution in [3.8, 4) is 0 Å². The number of hydrogen-bond acceptors (Lipinski definition) is 4. The van der Waals surface area contributed by atoms with Crippen LogP contribution >= 0.6 is 0 Å². The van der Waals surface area contributed by atoms with Gasteiger partial charge in [0.25, 0.3) is 0 Å². The van der Waals surface area contributed by atoms with Gasteiger partial charge in [0, 0.05) is 25.5 Å². The lowest BCUT2D eigenvalue weighted by atomic mass is 10.1. The molecule has 0 radical (unpaired) electrons. The summed E-state index contributed by atoms with van der Waals surface area (Å²) in [6, 6.07) is 9.43. The van der Waals surface area contributed by atoms with E-state index in [-0.39, 0.29) is 6.03 Å². The monoisotopic (exact) mass is 313 g/mol. The Balaban J connectivity index is 1.93. The third kappa shape index (κ3) is 4.95. The first-order valence-electron chi connectivity index (χ1n) is 7.63. The molecule has 6 heteroatoms. The van der Waals surface area contributed by atoms with E-state index in [2.05, 4.69) is 27.5 Å². The number of amides is 2. The summed E-state index contributed by atoms with van der Waals surface area (Å²) in [7, 11) is 3.78. The number of nitrogens with zero attached hydrogens (tertiary/aromatic N) is 3. The Morgan fingerprint density at radius 1 is 1.17 bits per heavy atom. The molecule has 0 fully saturated rings. The zero-order valence-corrected chi connectivity index (χ0v) is 14.1. The molecule has 2 aromatic rings. The number of anilines is 2. The molecule has 0 bridgehead atoms. The van der Waals surface area contributed by atoms with Crippen LogP contribution in [-0.4, -0.2) is 30.1 Å². The van der Waals surface area contributed by atoms with Crippen LogP contribution in [0.25, 0.3) is 0 Å². The van der Waals surface area contributed by atoms with E-state index in [9.17, 15) is 4.79 Å². The van der Waals surface area contributed by atoms with E-state index in [1.807, 2.05) is 56.3 Å². The maximum absolute atomic E-state index is 12.0. The van der Waals surface area contributed by atoms with Crippen LogP contribution in [0.3, 0.4) is 0 Å². The van der Waals surface area contributed by atoms with Crippen LogP contribution in [0.5, 0.6) is 0 Å². The van der Waals surface area contributed by atoms with Crippen molar-refractivity contribution in [1.29, 1.82) is 0 Å². The Morgan fingerprint density at radius 3 is 2.48 bits per heavy atom. The molecule has 0 aliphatic heterocycles. The molecule has 0 spiro atoms. The first kappa shape index (κ1) is 16.7. The Kier molecular flexibility index (Phi) is 5.51. The second-order valence-corrected chi connectivity index (χ2v) is 5.55. The highest BCUT2D eigenvalue weighted by molar-refractivity contribution is 5.89. The molecule has 0 atom stereocenters. The second-order valence-electron chi connectivity index (χ2n) is 5.55. The van der Waals surface area contributed by atoms with E-state index in [1.165, 1.54) is 5.56 Å². The van der Waals surface area contributed by atoms with Gasteiger partial charge >= 0.3 is 6.03 Å². The van der Waals surface area contributed by atoms with Crippen molar-refractivity contribution in [3.05, 3.63) is 47.3 Å². The number of rotatable bonds is 5. The summed E-state index contributed by atoms with van der Waals surface area (Å²) in [5.41, 5.74) is 3.66. The van der Waals surface area contributed by atoms with Crippen molar-refractivity contribution >= 4 is 17.7 Å². The number of aryl methyl sites for hydroxylation is 2. The highest BCUT2D eigenvalue weighted by Crippen LogP contribution is 2.10. The van der Waals surface area contributed by atoms with Gasteiger partial charge in [0.05, 0.1) is 12.2 Å². The Labute approximate surface area is 137 Å². The van der Waals surface area contributed by atoms with E-state index in [1.54, 1.807) is 0 Å². The summed E-state index contributed by atoms with van der Waals surface area (Å²) in [5.74, 6) is 0.636. The Hall–Kier alpha value is -2.63. The van der Waals surface area contributed by atoms with E-state index >= 15 is 0 Å². The third-order valence-electron chi connectivity index (χ3n) is 3.35. The lowest BCUT2D eigenvalue weighted by Crippen LogP contribution is -2.29. The standard InChI is InChI=1S/C17H23N5O/c1-5-13-6-8-14(9-7-13)21-17(23)18-11-15-10-12(2)19-16(20-15)22(3)4/h6-10H,5,11H2,1-4H3,(H2,18,21,23). The molecule has 0 unspecified atom stereocenters. The maximum atomic E-state index is 12.0. The minimum absolute atomic E-state index is 0.253. The molecule has 1 aromatic heterocycles.